The van der Waals surface area contributed by atoms with Crippen molar-refractivity contribution in [3.05, 3.63) is 35.9 Å². The number of benzene rings is 1. The van der Waals surface area contributed by atoms with Gasteiger partial charge in [0.2, 0.25) is 5.91 Å². The number of rotatable bonds is 2. The fourth-order valence-electron chi connectivity index (χ4n) is 3.89. The molecular formula is C18H26N2O. The first-order chi connectivity index (χ1) is 10.1. The molecule has 114 valence electrons. The van der Waals surface area contributed by atoms with Crippen molar-refractivity contribution in [1.82, 2.24) is 4.90 Å². The minimum atomic E-state index is 0.0920. The van der Waals surface area contributed by atoms with E-state index in [2.05, 4.69) is 42.2 Å². The Morgan fingerprint density at radius 2 is 1.81 bits per heavy atom. The van der Waals surface area contributed by atoms with Crippen molar-refractivity contribution >= 4 is 5.91 Å². The van der Waals surface area contributed by atoms with Crippen LogP contribution in [0.2, 0.25) is 0 Å². The van der Waals surface area contributed by atoms with Gasteiger partial charge in [-0.25, -0.2) is 0 Å². The largest absolute Gasteiger partial charge is 0.339 e. The van der Waals surface area contributed by atoms with Crippen LogP contribution in [-0.2, 0) is 10.2 Å². The van der Waals surface area contributed by atoms with Gasteiger partial charge in [0, 0.05) is 30.5 Å². The highest BCUT2D eigenvalue weighted by molar-refractivity contribution is 5.78. The monoisotopic (exact) mass is 286 g/mol. The quantitative estimate of drug-likeness (QED) is 0.908. The summed E-state index contributed by atoms with van der Waals surface area (Å²) >= 11 is 0. The van der Waals surface area contributed by atoms with Gasteiger partial charge in [0.15, 0.2) is 0 Å². The summed E-state index contributed by atoms with van der Waals surface area (Å²) in [4.78, 5) is 14.5. The smallest absolute Gasteiger partial charge is 0.222 e. The highest BCUT2D eigenvalue weighted by Crippen LogP contribution is 2.36. The zero-order valence-electron chi connectivity index (χ0n) is 12.9. The van der Waals surface area contributed by atoms with Crippen LogP contribution in [0, 0.1) is 0 Å². The van der Waals surface area contributed by atoms with Gasteiger partial charge in [0.05, 0.1) is 0 Å². The first-order valence-electron chi connectivity index (χ1n) is 8.19. The lowest BCUT2D eigenvalue weighted by Gasteiger charge is -2.45. The zero-order chi connectivity index (χ0) is 14.9. The molecule has 1 amide bonds. The van der Waals surface area contributed by atoms with E-state index in [0.29, 0.717) is 24.4 Å². The molecule has 1 saturated carbocycles. The first-order valence-corrected chi connectivity index (χ1v) is 8.19. The van der Waals surface area contributed by atoms with Crippen molar-refractivity contribution < 1.29 is 4.79 Å². The molecule has 1 heterocycles. The number of hydrogen-bond donors (Lipinski definition) is 1. The zero-order valence-corrected chi connectivity index (χ0v) is 12.9. The molecule has 0 radical (unpaired) electrons. The topological polar surface area (TPSA) is 46.3 Å². The molecule has 1 aliphatic heterocycles. The number of carbonyl (C=O) groups is 1. The fourth-order valence-corrected chi connectivity index (χ4v) is 3.89. The maximum Gasteiger partial charge on any atom is 0.222 e. The minimum Gasteiger partial charge on any atom is -0.339 e. The van der Waals surface area contributed by atoms with E-state index >= 15 is 0 Å². The highest BCUT2D eigenvalue weighted by Gasteiger charge is 2.39. The standard InChI is InChI=1S/C18H26N2O/c1-18(14-5-3-2-4-6-14)12-11-17(21)20(13-18)16-9-7-15(19)8-10-16/h2-6,15-16H,7-13,19H2,1H3/t15?,16?,18-/m0/s1. The van der Waals surface area contributed by atoms with Gasteiger partial charge in [-0.1, -0.05) is 37.3 Å². The lowest BCUT2D eigenvalue weighted by Crippen LogP contribution is -2.53. The van der Waals surface area contributed by atoms with Gasteiger partial charge >= 0.3 is 0 Å². The molecule has 2 N–H and O–H groups in total. The molecule has 3 nitrogen and oxygen atoms in total. The van der Waals surface area contributed by atoms with E-state index in [1.54, 1.807) is 0 Å². The summed E-state index contributed by atoms with van der Waals surface area (Å²) in [6.07, 6.45) is 5.87. The SMILES string of the molecule is C[C@]1(c2ccccc2)CCC(=O)N(C2CCC(N)CC2)C1. The summed E-state index contributed by atoms with van der Waals surface area (Å²) in [5, 5.41) is 0. The average Bonchev–Trinajstić information content (AvgIpc) is 2.52. The molecule has 0 unspecified atom stereocenters. The maximum absolute atomic E-state index is 12.4. The van der Waals surface area contributed by atoms with Crippen LogP contribution in [0.25, 0.3) is 0 Å². The van der Waals surface area contributed by atoms with Gasteiger partial charge in [-0.2, -0.15) is 0 Å². The molecule has 1 aromatic rings. The Balaban J connectivity index is 1.77. The Kier molecular flexibility index (Phi) is 4.03. The third-order valence-corrected chi connectivity index (χ3v) is 5.38. The van der Waals surface area contributed by atoms with Gasteiger partial charge in [-0.05, 0) is 37.7 Å². The van der Waals surface area contributed by atoms with Crippen LogP contribution < -0.4 is 5.73 Å². The number of nitrogens with zero attached hydrogens (tertiary/aromatic N) is 1. The predicted molar refractivity (Wildman–Crippen MR) is 85.0 cm³/mol. The van der Waals surface area contributed by atoms with E-state index in [1.165, 1.54) is 5.56 Å². The predicted octanol–water partition coefficient (Wildman–Crippen LogP) is 2.84. The Bertz CT molecular complexity index is 493. The molecule has 3 rings (SSSR count). The van der Waals surface area contributed by atoms with Gasteiger partial charge in [-0.15, -0.1) is 0 Å². The summed E-state index contributed by atoms with van der Waals surface area (Å²) in [6, 6.07) is 11.4. The lowest BCUT2D eigenvalue weighted by molar-refractivity contribution is -0.139. The summed E-state index contributed by atoms with van der Waals surface area (Å²) in [5.74, 6) is 0.337. The van der Waals surface area contributed by atoms with E-state index in [9.17, 15) is 4.79 Å². The molecule has 0 aromatic heterocycles. The van der Waals surface area contributed by atoms with Crippen molar-refractivity contribution in [3.8, 4) is 0 Å². The second kappa shape index (κ2) is 5.80. The maximum atomic E-state index is 12.4. The minimum absolute atomic E-state index is 0.0920. The van der Waals surface area contributed by atoms with E-state index in [1.807, 2.05) is 0 Å². The first kappa shape index (κ1) is 14.6. The van der Waals surface area contributed by atoms with Crippen molar-refractivity contribution in [2.24, 2.45) is 5.73 Å². The van der Waals surface area contributed by atoms with Gasteiger partial charge in [0.1, 0.15) is 0 Å². The van der Waals surface area contributed by atoms with Crippen LogP contribution in [-0.4, -0.2) is 29.4 Å². The summed E-state index contributed by atoms with van der Waals surface area (Å²) < 4.78 is 0. The Morgan fingerprint density at radius 3 is 2.48 bits per heavy atom. The Morgan fingerprint density at radius 1 is 1.14 bits per heavy atom. The number of hydrogen-bond acceptors (Lipinski definition) is 2. The molecule has 0 spiro atoms. The molecular weight excluding hydrogens is 260 g/mol. The van der Waals surface area contributed by atoms with Crippen LogP contribution in [0.3, 0.4) is 0 Å². The summed E-state index contributed by atoms with van der Waals surface area (Å²) in [7, 11) is 0. The molecule has 2 aliphatic rings. The van der Waals surface area contributed by atoms with Gasteiger partial charge in [0.25, 0.3) is 0 Å². The number of amides is 1. The van der Waals surface area contributed by atoms with Crippen LogP contribution in [0.5, 0.6) is 0 Å². The van der Waals surface area contributed by atoms with Crippen LogP contribution in [0.1, 0.15) is 51.0 Å². The second-order valence-electron chi connectivity index (χ2n) is 7.02. The normalized spacial score (nSPS) is 34.0. The third kappa shape index (κ3) is 2.98. The van der Waals surface area contributed by atoms with Crippen LogP contribution in [0.15, 0.2) is 30.3 Å². The number of likely N-dealkylation sites (tertiary alicyclic amines) is 1. The van der Waals surface area contributed by atoms with E-state index < -0.39 is 0 Å². The van der Waals surface area contributed by atoms with Crippen molar-refractivity contribution in [2.45, 2.75) is 62.9 Å². The molecule has 1 aliphatic carbocycles. The highest BCUT2D eigenvalue weighted by atomic mass is 16.2. The molecule has 1 saturated heterocycles. The third-order valence-electron chi connectivity index (χ3n) is 5.38. The van der Waals surface area contributed by atoms with E-state index in [4.69, 9.17) is 5.73 Å². The van der Waals surface area contributed by atoms with Crippen LogP contribution in [0.4, 0.5) is 0 Å². The number of carbonyl (C=O) groups excluding carboxylic acids is 1. The van der Waals surface area contributed by atoms with Crippen molar-refractivity contribution in [1.29, 1.82) is 0 Å². The fraction of sp³-hybridized carbons (Fsp3) is 0.611. The van der Waals surface area contributed by atoms with Gasteiger partial charge < -0.3 is 10.6 Å². The van der Waals surface area contributed by atoms with Crippen molar-refractivity contribution in [3.63, 3.8) is 0 Å². The molecule has 1 aromatic carbocycles. The molecule has 2 fully saturated rings. The molecule has 21 heavy (non-hydrogen) atoms. The Hall–Kier alpha value is -1.35. The van der Waals surface area contributed by atoms with E-state index in [0.717, 1.165) is 38.6 Å². The van der Waals surface area contributed by atoms with E-state index in [-0.39, 0.29) is 5.41 Å². The van der Waals surface area contributed by atoms with Crippen LogP contribution >= 0.6 is 0 Å². The molecule has 1 atom stereocenters. The molecule has 3 heteroatoms. The Labute approximate surface area is 127 Å². The average molecular weight is 286 g/mol. The summed E-state index contributed by atoms with van der Waals surface area (Å²) in [6.45, 7) is 3.16. The number of piperidine rings is 1. The number of nitrogens with two attached hydrogens (primary N) is 1. The van der Waals surface area contributed by atoms with Crippen molar-refractivity contribution in [2.75, 3.05) is 6.54 Å². The molecule has 0 bridgehead atoms. The van der Waals surface area contributed by atoms with Gasteiger partial charge in [-0.3, -0.25) is 4.79 Å². The lowest BCUT2D eigenvalue weighted by atomic mass is 9.74. The second-order valence-corrected chi connectivity index (χ2v) is 7.02. The summed E-state index contributed by atoms with van der Waals surface area (Å²) in [5.41, 5.74) is 7.45.